The first-order chi connectivity index (χ1) is 11.7. The molecule has 2 aromatic carbocycles. The minimum absolute atomic E-state index is 0.0839. The number of fused-ring (bicyclic) bond motifs is 2. The molecule has 0 saturated carbocycles. The topological polar surface area (TPSA) is 78.3 Å². The molecule has 0 radical (unpaired) electrons. The smallest absolute Gasteiger partial charge is 0.229 e. The first kappa shape index (κ1) is 14.5. The van der Waals surface area contributed by atoms with Crippen molar-refractivity contribution in [2.75, 3.05) is 19.5 Å². The third kappa shape index (κ3) is 2.09. The van der Waals surface area contributed by atoms with E-state index in [0.717, 1.165) is 27.8 Å². The lowest BCUT2D eigenvalue weighted by Crippen LogP contribution is -2.29. The molecule has 0 spiro atoms. The maximum Gasteiger partial charge on any atom is 0.229 e. The van der Waals surface area contributed by atoms with Gasteiger partial charge in [-0.1, -0.05) is 18.2 Å². The summed E-state index contributed by atoms with van der Waals surface area (Å²) in [6, 6.07) is 9.41. The molecule has 0 fully saturated rings. The van der Waals surface area contributed by atoms with Gasteiger partial charge in [-0.2, -0.15) is 10.1 Å². The zero-order chi connectivity index (χ0) is 16.7. The number of methoxy groups -OCH3 is 2. The summed E-state index contributed by atoms with van der Waals surface area (Å²) in [7, 11) is 3.27. The normalized spacial score (nSPS) is 16.6. The molecule has 24 heavy (non-hydrogen) atoms. The van der Waals surface area contributed by atoms with Crippen LogP contribution in [0.25, 0.3) is 10.8 Å². The molecule has 0 aliphatic carbocycles. The van der Waals surface area contributed by atoms with E-state index >= 15 is 0 Å². The Morgan fingerprint density at radius 3 is 2.79 bits per heavy atom. The summed E-state index contributed by atoms with van der Waals surface area (Å²) >= 11 is 0. The molecule has 1 atom stereocenters. The summed E-state index contributed by atoms with van der Waals surface area (Å²) in [5, 5.41) is 8.86. The molecular formula is C17H16N4O3. The maximum atomic E-state index is 12.1. The number of hydrogen-bond donors (Lipinski definition) is 1. The number of nitrogens with zero attached hydrogens (tertiary/aromatic N) is 3. The molecule has 1 aliphatic rings. The van der Waals surface area contributed by atoms with Crippen LogP contribution in [0.15, 0.2) is 36.7 Å². The van der Waals surface area contributed by atoms with Gasteiger partial charge in [-0.05, 0) is 17.7 Å². The van der Waals surface area contributed by atoms with Crippen molar-refractivity contribution < 1.29 is 14.3 Å². The van der Waals surface area contributed by atoms with Gasteiger partial charge in [-0.3, -0.25) is 10.1 Å². The predicted octanol–water partition coefficient (Wildman–Crippen LogP) is 2.38. The highest BCUT2D eigenvalue weighted by Gasteiger charge is 2.30. The highest BCUT2D eigenvalue weighted by atomic mass is 16.5. The van der Waals surface area contributed by atoms with Crippen molar-refractivity contribution in [3.63, 3.8) is 0 Å². The van der Waals surface area contributed by atoms with Crippen LogP contribution in [0.4, 0.5) is 5.95 Å². The number of hydrogen-bond acceptors (Lipinski definition) is 5. The number of amides is 1. The lowest BCUT2D eigenvalue weighted by atomic mass is 9.94. The Morgan fingerprint density at radius 1 is 1.17 bits per heavy atom. The molecule has 1 N–H and O–H groups in total. The van der Waals surface area contributed by atoms with E-state index in [0.29, 0.717) is 5.95 Å². The second-order valence-corrected chi connectivity index (χ2v) is 5.54. The van der Waals surface area contributed by atoms with Gasteiger partial charge in [0.1, 0.15) is 17.8 Å². The molecule has 0 saturated heterocycles. The fraction of sp³-hybridized carbons (Fsp3) is 0.235. The SMILES string of the molecule is COc1ccc([C@H]2CC(=O)Nc3ncnn32)c2c(OC)cccc12. The quantitative estimate of drug-likeness (QED) is 0.800. The van der Waals surface area contributed by atoms with Gasteiger partial charge in [0.25, 0.3) is 0 Å². The van der Waals surface area contributed by atoms with Gasteiger partial charge in [0.05, 0.1) is 26.7 Å². The first-order valence-electron chi connectivity index (χ1n) is 7.56. The summed E-state index contributed by atoms with van der Waals surface area (Å²) in [5.41, 5.74) is 0.949. The van der Waals surface area contributed by atoms with Crippen LogP contribution in [0.3, 0.4) is 0 Å². The Bertz CT molecular complexity index is 935. The molecule has 0 unspecified atom stereocenters. The van der Waals surface area contributed by atoms with Crippen molar-refractivity contribution in [2.45, 2.75) is 12.5 Å². The van der Waals surface area contributed by atoms with Crippen molar-refractivity contribution in [3.8, 4) is 11.5 Å². The highest BCUT2D eigenvalue weighted by Crippen LogP contribution is 2.40. The van der Waals surface area contributed by atoms with Crippen molar-refractivity contribution in [2.24, 2.45) is 0 Å². The van der Waals surface area contributed by atoms with E-state index in [1.807, 2.05) is 30.3 Å². The maximum absolute atomic E-state index is 12.1. The van der Waals surface area contributed by atoms with E-state index in [2.05, 4.69) is 15.4 Å². The van der Waals surface area contributed by atoms with Gasteiger partial charge in [0.2, 0.25) is 11.9 Å². The first-order valence-corrected chi connectivity index (χ1v) is 7.56. The monoisotopic (exact) mass is 324 g/mol. The average molecular weight is 324 g/mol. The molecular weight excluding hydrogens is 308 g/mol. The zero-order valence-electron chi connectivity index (χ0n) is 13.3. The summed E-state index contributed by atoms with van der Waals surface area (Å²) in [5.74, 6) is 1.86. The van der Waals surface area contributed by atoms with E-state index in [1.54, 1.807) is 18.9 Å². The van der Waals surface area contributed by atoms with Crippen LogP contribution >= 0.6 is 0 Å². The van der Waals surface area contributed by atoms with E-state index in [-0.39, 0.29) is 18.4 Å². The van der Waals surface area contributed by atoms with Crippen LogP contribution in [0.2, 0.25) is 0 Å². The molecule has 3 aromatic rings. The number of carbonyl (C=O) groups excluding carboxylic acids is 1. The second-order valence-electron chi connectivity index (χ2n) is 5.54. The van der Waals surface area contributed by atoms with Gasteiger partial charge in [0.15, 0.2) is 0 Å². The van der Waals surface area contributed by atoms with Crippen LogP contribution in [0.1, 0.15) is 18.0 Å². The standard InChI is InChI=1S/C17H16N4O3/c1-23-13-7-6-10(16-11(13)4-3-5-14(16)24-2)12-8-15(22)20-17-18-9-19-21(12)17/h3-7,9,12H,8H2,1-2H3,(H,18,19,20,22)/t12-/m1/s1. The summed E-state index contributed by atoms with van der Waals surface area (Å²) in [6.07, 6.45) is 1.73. The number of rotatable bonds is 3. The van der Waals surface area contributed by atoms with Gasteiger partial charge < -0.3 is 9.47 Å². The van der Waals surface area contributed by atoms with Crippen LogP contribution in [-0.4, -0.2) is 34.9 Å². The third-order valence-corrected chi connectivity index (χ3v) is 4.29. The van der Waals surface area contributed by atoms with Gasteiger partial charge in [-0.15, -0.1) is 0 Å². The van der Waals surface area contributed by atoms with Gasteiger partial charge in [0, 0.05) is 10.8 Å². The fourth-order valence-electron chi connectivity index (χ4n) is 3.25. The number of ether oxygens (including phenoxy) is 2. The van der Waals surface area contributed by atoms with E-state index in [9.17, 15) is 4.79 Å². The number of carbonyl (C=O) groups is 1. The number of aromatic nitrogens is 3. The van der Waals surface area contributed by atoms with Gasteiger partial charge >= 0.3 is 0 Å². The lowest BCUT2D eigenvalue weighted by Gasteiger charge is -2.25. The van der Waals surface area contributed by atoms with Crippen molar-refractivity contribution in [1.82, 2.24) is 14.8 Å². The van der Waals surface area contributed by atoms with Crippen molar-refractivity contribution in [1.29, 1.82) is 0 Å². The fourth-order valence-corrected chi connectivity index (χ4v) is 3.25. The second kappa shape index (κ2) is 5.52. The number of benzene rings is 2. The van der Waals surface area contributed by atoms with Crippen LogP contribution in [0, 0.1) is 0 Å². The number of nitrogens with one attached hydrogen (secondary N) is 1. The summed E-state index contributed by atoms with van der Waals surface area (Å²) in [6.45, 7) is 0. The molecule has 7 heteroatoms. The molecule has 7 nitrogen and oxygen atoms in total. The minimum Gasteiger partial charge on any atom is -0.496 e. The number of anilines is 1. The summed E-state index contributed by atoms with van der Waals surface area (Å²) in [4.78, 5) is 16.2. The Balaban J connectivity index is 2.00. The van der Waals surface area contributed by atoms with Crippen LogP contribution in [0.5, 0.6) is 11.5 Å². The summed E-state index contributed by atoms with van der Waals surface area (Å²) < 4.78 is 12.8. The minimum atomic E-state index is -0.249. The van der Waals surface area contributed by atoms with E-state index < -0.39 is 0 Å². The lowest BCUT2D eigenvalue weighted by molar-refractivity contribution is -0.117. The van der Waals surface area contributed by atoms with E-state index in [1.165, 1.54) is 6.33 Å². The zero-order valence-corrected chi connectivity index (χ0v) is 13.3. The molecule has 2 heterocycles. The average Bonchev–Trinajstić information content (AvgIpc) is 3.07. The molecule has 1 aliphatic heterocycles. The predicted molar refractivity (Wildman–Crippen MR) is 88.5 cm³/mol. The van der Waals surface area contributed by atoms with E-state index in [4.69, 9.17) is 9.47 Å². The van der Waals surface area contributed by atoms with Crippen molar-refractivity contribution in [3.05, 3.63) is 42.2 Å². The van der Waals surface area contributed by atoms with Crippen LogP contribution in [-0.2, 0) is 4.79 Å². The molecule has 1 aromatic heterocycles. The highest BCUT2D eigenvalue weighted by molar-refractivity contribution is 5.97. The third-order valence-electron chi connectivity index (χ3n) is 4.29. The van der Waals surface area contributed by atoms with Gasteiger partial charge in [-0.25, -0.2) is 4.68 Å². The Labute approximate surface area is 138 Å². The molecule has 0 bridgehead atoms. The molecule has 4 rings (SSSR count). The molecule has 1 amide bonds. The largest absolute Gasteiger partial charge is 0.496 e. The molecule has 122 valence electrons. The Morgan fingerprint density at radius 2 is 2.00 bits per heavy atom. The Kier molecular flexibility index (Phi) is 3.34. The Hall–Kier alpha value is -3.09. The van der Waals surface area contributed by atoms with Crippen LogP contribution < -0.4 is 14.8 Å². The van der Waals surface area contributed by atoms with Crippen molar-refractivity contribution >= 4 is 22.6 Å².